The minimum absolute atomic E-state index is 0.171. The van der Waals surface area contributed by atoms with Gasteiger partial charge in [0.2, 0.25) is 0 Å². The fraction of sp³-hybridized carbons (Fsp3) is 0. The van der Waals surface area contributed by atoms with E-state index < -0.39 is 6.04 Å². The van der Waals surface area contributed by atoms with Crippen LogP contribution in [0.2, 0.25) is 0 Å². The number of aromatic nitrogens is 1. The van der Waals surface area contributed by atoms with E-state index in [1.54, 1.807) is 0 Å². The molecule has 0 aliphatic heterocycles. The lowest BCUT2D eigenvalue weighted by Crippen LogP contribution is -2.09. The monoisotopic (exact) mass is 809 g/mol. The minimum atomic E-state index is -0.410. The first-order chi connectivity index (χ1) is 33.3. The molecule has 2 aromatic heterocycles. The van der Waals surface area contributed by atoms with Crippen LogP contribution >= 0.6 is 0 Å². The highest BCUT2D eigenvalue weighted by molar-refractivity contribution is 6.11. The summed E-state index contributed by atoms with van der Waals surface area (Å²) in [6.07, 6.45) is 0. The molecule has 0 saturated carbocycles. The molecule has 0 amide bonds. The normalized spacial score (nSPS) is 12.6. The third-order valence-electron chi connectivity index (χ3n) is 12.1. The summed E-state index contributed by atoms with van der Waals surface area (Å²) in [5, 5.41) is 4.57. The summed E-state index contributed by atoms with van der Waals surface area (Å²) in [4.78, 5) is 2.17. The Labute approximate surface area is 373 Å². The second kappa shape index (κ2) is 15.3. The van der Waals surface area contributed by atoms with Gasteiger partial charge in [-0.1, -0.05) is 170 Å². The van der Waals surface area contributed by atoms with Crippen molar-refractivity contribution in [3.05, 3.63) is 243 Å². The zero-order chi connectivity index (χ0) is 46.0. The number of hydrogen-bond acceptors (Lipinski definition) is 2. The topological polar surface area (TPSA) is 21.3 Å². The molecule has 0 aliphatic rings. The first kappa shape index (κ1) is 31.5. The molecule has 0 N–H and O–H groups in total. The molecule has 0 bridgehead atoms. The summed E-state index contributed by atoms with van der Waals surface area (Å²) < 4.78 is 50.7. The number of fused-ring (bicyclic) bond motifs is 6. The maximum absolute atomic E-state index is 8.62. The predicted octanol–water partition coefficient (Wildman–Crippen LogP) is 16.8. The van der Waals surface area contributed by atoms with Crippen molar-refractivity contribution in [1.29, 1.82) is 0 Å². The highest BCUT2D eigenvalue weighted by atomic mass is 16.3. The zero-order valence-corrected chi connectivity index (χ0v) is 34.0. The van der Waals surface area contributed by atoms with Crippen LogP contribution in [0.1, 0.15) is 6.85 Å². The van der Waals surface area contributed by atoms with Crippen molar-refractivity contribution >= 4 is 60.8 Å². The summed E-state index contributed by atoms with van der Waals surface area (Å²) in [6, 6.07) is 71.7. The Hall–Kier alpha value is -8.40. The quantitative estimate of drug-likeness (QED) is 0.152. The van der Waals surface area contributed by atoms with E-state index in [0.29, 0.717) is 5.56 Å². The number of benzene rings is 10. The molecule has 3 nitrogen and oxygen atoms in total. The summed E-state index contributed by atoms with van der Waals surface area (Å²) in [6.45, 7) is 0. The molecule has 3 heteroatoms. The van der Waals surface area contributed by atoms with E-state index in [4.69, 9.17) is 11.3 Å². The van der Waals surface area contributed by atoms with Gasteiger partial charge in [0.1, 0.15) is 11.2 Å². The first-order valence-electron chi connectivity index (χ1n) is 23.6. The fourth-order valence-electron chi connectivity index (χ4n) is 9.07. The average Bonchev–Trinajstić information content (AvgIpc) is 3.94. The zero-order valence-electron chi connectivity index (χ0n) is 39.0. The highest BCUT2D eigenvalue weighted by Crippen LogP contribution is 2.41. The summed E-state index contributed by atoms with van der Waals surface area (Å²) in [5.41, 5.74) is 15.0. The van der Waals surface area contributed by atoms with Crippen LogP contribution in [-0.4, -0.2) is 4.57 Å². The van der Waals surface area contributed by atoms with Crippen molar-refractivity contribution in [3.63, 3.8) is 0 Å². The van der Waals surface area contributed by atoms with Crippen molar-refractivity contribution in [2.75, 3.05) is 4.90 Å². The second-order valence-corrected chi connectivity index (χ2v) is 15.8. The number of hydrogen-bond donors (Lipinski definition) is 0. The summed E-state index contributed by atoms with van der Waals surface area (Å²) in [7, 11) is 0. The van der Waals surface area contributed by atoms with Crippen LogP contribution in [-0.2, 0) is 0 Å². The predicted molar refractivity (Wildman–Crippen MR) is 264 cm³/mol. The SMILES string of the molecule is [2H]c1c([2H])c([2H])c(-c2ccc(N(c3ccc(-c4cccc(-n5c6ccccc6c6ccccc65)c4)cc3)c3ccc(-c4ccc5oc6c(-c7ccccc7)cccc6c5c4)cc3)cc2)c([2H])c1[2H]. The molecule has 296 valence electrons. The van der Waals surface area contributed by atoms with Crippen molar-refractivity contribution in [1.82, 2.24) is 4.57 Å². The van der Waals surface area contributed by atoms with Gasteiger partial charge in [-0.15, -0.1) is 0 Å². The lowest BCUT2D eigenvalue weighted by atomic mass is 10.00. The molecular formula is C60H40N2O. The smallest absolute Gasteiger partial charge is 0.143 e. The van der Waals surface area contributed by atoms with Gasteiger partial charge < -0.3 is 13.9 Å². The molecule has 0 spiro atoms. The maximum atomic E-state index is 8.62. The maximum Gasteiger partial charge on any atom is 0.143 e. The number of anilines is 3. The Morgan fingerprint density at radius 1 is 0.365 bits per heavy atom. The third kappa shape index (κ3) is 6.46. The molecule has 12 aromatic rings. The third-order valence-corrected chi connectivity index (χ3v) is 12.1. The molecule has 12 rings (SSSR count). The van der Waals surface area contributed by atoms with E-state index in [-0.39, 0.29) is 29.7 Å². The van der Waals surface area contributed by atoms with Crippen LogP contribution in [0.25, 0.3) is 93.9 Å². The van der Waals surface area contributed by atoms with Crippen molar-refractivity contribution in [2.45, 2.75) is 0 Å². The Balaban J connectivity index is 0.921. The Morgan fingerprint density at radius 2 is 0.873 bits per heavy atom. The van der Waals surface area contributed by atoms with Gasteiger partial charge in [0.25, 0.3) is 0 Å². The molecule has 0 saturated heterocycles. The van der Waals surface area contributed by atoms with E-state index in [9.17, 15) is 0 Å². The summed E-state index contributed by atoms with van der Waals surface area (Å²) in [5.74, 6) is 0. The molecule has 0 fully saturated rings. The van der Waals surface area contributed by atoms with Crippen LogP contribution in [0.4, 0.5) is 17.1 Å². The van der Waals surface area contributed by atoms with Crippen LogP contribution in [0, 0.1) is 0 Å². The van der Waals surface area contributed by atoms with E-state index in [1.165, 1.54) is 10.8 Å². The van der Waals surface area contributed by atoms with Gasteiger partial charge in [-0.25, -0.2) is 0 Å². The van der Waals surface area contributed by atoms with Gasteiger partial charge in [-0.3, -0.25) is 0 Å². The van der Waals surface area contributed by atoms with Crippen LogP contribution in [0.5, 0.6) is 0 Å². The lowest BCUT2D eigenvalue weighted by molar-refractivity contribution is 0.670. The molecule has 10 aromatic carbocycles. The van der Waals surface area contributed by atoms with Gasteiger partial charge >= 0.3 is 0 Å². The van der Waals surface area contributed by atoms with Crippen LogP contribution in [0.15, 0.2) is 247 Å². The number of nitrogens with zero attached hydrogens (tertiary/aromatic N) is 2. The van der Waals surface area contributed by atoms with Crippen LogP contribution < -0.4 is 4.90 Å². The Bertz CT molecular complexity index is 3820. The van der Waals surface area contributed by atoms with Gasteiger partial charge in [-0.05, 0) is 112 Å². The number of furan rings is 1. The molecule has 0 atom stereocenters. The van der Waals surface area contributed by atoms with E-state index in [1.807, 2.05) is 42.5 Å². The van der Waals surface area contributed by atoms with Crippen molar-refractivity contribution in [3.8, 4) is 50.2 Å². The molecule has 2 heterocycles. The van der Waals surface area contributed by atoms with Gasteiger partial charge in [-0.2, -0.15) is 0 Å². The molecular weight excluding hydrogens is 765 g/mol. The minimum Gasteiger partial charge on any atom is -0.455 e. The van der Waals surface area contributed by atoms with Crippen molar-refractivity contribution < 1.29 is 11.3 Å². The lowest BCUT2D eigenvalue weighted by Gasteiger charge is -2.26. The Kier molecular flexibility index (Phi) is 7.62. The molecule has 0 unspecified atom stereocenters. The summed E-state index contributed by atoms with van der Waals surface area (Å²) >= 11 is 0. The van der Waals surface area contributed by atoms with E-state index in [2.05, 4.69) is 179 Å². The van der Waals surface area contributed by atoms with Gasteiger partial charge in [0.15, 0.2) is 0 Å². The van der Waals surface area contributed by atoms with Crippen LogP contribution in [0.3, 0.4) is 0 Å². The highest BCUT2D eigenvalue weighted by Gasteiger charge is 2.17. The molecule has 0 aliphatic carbocycles. The molecule has 0 radical (unpaired) electrons. The van der Waals surface area contributed by atoms with E-state index in [0.717, 1.165) is 89.1 Å². The molecule has 63 heavy (non-hydrogen) atoms. The van der Waals surface area contributed by atoms with Crippen molar-refractivity contribution in [2.24, 2.45) is 0 Å². The first-order valence-corrected chi connectivity index (χ1v) is 21.1. The van der Waals surface area contributed by atoms with Gasteiger partial charge in [0, 0.05) is 49.9 Å². The average molecular weight is 810 g/mol. The number of rotatable bonds is 8. The largest absolute Gasteiger partial charge is 0.455 e. The Morgan fingerprint density at radius 3 is 1.51 bits per heavy atom. The second-order valence-electron chi connectivity index (χ2n) is 15.8. The van der Waals surface area contributed by atoms with Gasteiger partial charge in [0.05, 0.1) is 17.9 Å². The standard InChI is InChI=1S/C60H40N2O/c1-3-13-41(14-4-1)42-25-32-48(33-26-42)61(49-34-27-43(28-35-49)46-17-11-18-51(39-46)62-57-23-9-7-19-53(57)54-20-8-10-24-58(54)62)50-36-29-44(30-37-50)47-31-38-59-56(40-47)55-22-12-21-52(60(55)63-59)45-15-5-2-6-16-45/h1-40H/i1D,3D,4D,13D,14D. The fourth-order valence-corrected chi connectivity index (χ4v) is 9.07. The van der Waals surface area contributed by atoms with E-state index >= 15 is 0 Å². The number of para-hydroxylation sites is 3.